The standard InChI is InChI=1S/C42H70O4S/c1-4-6-8-10-12-14-16-17-18-19-20-22-24-26-28-36(3)39-34-41(44)42(35-40(39)43)47(45,46)38-32-30-37(31-33-38)29-27-25-23-21-15-13-11-9-7-5-2/h30-36,43-44H,4-29H2,1-3H3. The van der Waals surface area contributed by atoms with Crippen molar-refractivity contribution in [1.82, 2.24) is 0 Å². The smallest absolute Gasteiger partial charge is 0.210 e. The molecule has 0 amide bonds. The highest BCUT2D eigenvalue weighted by atomic mass is 32.2. The second kappa shape index (κ2) is 25.0. The Morgan fingerprint density at radius 2 is 0.936 bits per heavy atom. The third kappa shape index (κ3) is 16.8. The number of aromatic hydroxyl groups is 2. The Bertz CT molecular complexity index is 1170. The van der Waals surface area contributed by atoms with Crippen molar-refractivity contribution in [2.75, 3.05) is 0 Å². The fourth-order valence-electron chi connectivity index (χ4n) is 6.76. The summed E-state index contributed by atoms with van der Waals surface area (Å²) in [6, 6.07) is 9.71. The zero-order valence-electron chi connectivity index (χ0n) is 30.5. The van der Waals surface area contributed by atoms with Crippen LogP contribution in [0.1, 0.15) is 198 Å². The predicted molar refractivity (Wildman–Crippen MR) is 201 cm³/mol. The summed E-state index contributed by atoms with van der Waals surface area (Å²) in [6.07, 6.45) is 33.2. The zero-order valence-corrected chi connectivity index (χ0v) is 31.4. The maximum atomic E-state index is 13.4. The Balaban J connectivity index is 1.70. The van der Waals surface area contributed by atoms with Gasteiger partial charge in [0.2, 0.25) is 9.84 Å². The van der Waals surface area contributed by atoms with E-state index in [1.54, 1.807) is 12.1 Å². The number of phenolic OH excluding ortho intramolecular Hbond substituents is 2. The summed E-state index contributed by atoms with van der Waals surface area (Å²) in [5.74, 6) is -0.308. The molecule has 1 unspecified atom stereocenters. The molecule has 0 aromatic heterocycles. The lowest BCUT2D eigenvalue weighted by atomic mass is 9.93. The van der Waals surface area contributed by atoms with Crippen LogP contribution >= 0.6 is 0 Å². The Hall–Kier alpha value is -2.01. The highest BCUT2D eigenvalue weighted by Crippen LogP contribution is 2.38. The molecule has 0 heterocycles. The molecule has 0 radical (unpaired) electrons. The fourth-order valence-corrected chi connectivity index (χ4v) is 8.11. The highest BCUT2D eigenvalue weighted by molar-refractivity contribution is 7.91. The van der Waals surface area contributed by atoms with Gasteiger partial charge in [-0.15, -0.1) is 0 Å². The van der Waals surface area contributed by atoms with Gasteiger partial charge in [-0.2, -0.15) is 0 Å². The van der Waals surface area contributed by atoms with Crippen LogP contribution in [0.3, 0.4) is 0 Å². The van der Waals surface area contributed by atoms with E-state index in [2.05, 4.69) is 13.8 Å². The van der Waals surface area contributed by atoms with Crippen molar-refractivity contribution in [3.05, 3.63) is 47.5 Å². The summed E-state index contributed by atoms with van der Waals surface area (Å²) in [6.45, 7) is 6.56. The summed E-state index contributed by atoms with van der Waals surface area (Å²) in [5, 5.41) is 21.6. The summed E-state index contributed by atoms with van der Waals surface area (Å²) < 4.78 is 26.8. The van der Waals surface area contributed by atoms with Crippen molar-refractivity contribution in [2.45, 2.75) is 203 Å². The van der Waals surface area contributed by atoms with Crippen LogP contribution in [-0.2, 0) is 16.3 Å². The minimum Gasteiger partial charge on any atom is -0.508 e. The first kappa shape index (κ1) is 41.2. The summed E-state index contributed by atoms with van der Waals surface area (Å²) in [4.78, 5) is -0.0906. The van der Waals surface area contributed by atoms with Crippen molar-refractivity contribution >= 4 is 9.84 Å². The Morgan fingerprint density at radius 3 is 1.38 bits per heavy atom. The van der Waals surface area contributed by atoms with Gasteiger partial charge in [-0.1, -0.05) is 181 Å². The molecule has 5 heteroatoms. The lowest BCUT2D eigenvalue weighted by Crippen LogP contribution is -2.04. The Morgan fingerprint density at radius 1 is 0.532 bits per heavy atom. The van der Waals surface area contributed by atoms with Gasteiger partial charge in [0.1, 0.15) is 16.4 Å². The summed E-state index contributed by atoms with van der Waals surface area (Å²) in [5.41, 5.74) is 1.74. The molecule has 0 aliphatic heterocycles. The van der Waals surface area contributed by atoms with Crippen LogP contribution in [-0.4, -0.2) is 18.6 Å². The molecule has 0 saturated heterocycles. The van der Waals surface area contributed by atoms with E-state index in [0.717, 1.165) is 37.7 Å². The second-order valence-corrected chi connectivity index (χ2v) is 16.2. The molecular weight excluding hydrogens is 601 g/mol. The first-order valence-electron chi connectivity index (χ1n) is 19.7. The van der Waals surface area contributed by atoms with Crippen LogP contribution in [0.4, 0.5) is 0 Å². The molecular formula is C42H70O4S. The van der Waals surface area contributed by atoms with E-state index in [-0.39, 0.29) is 27.2 Å². The molecule has 0 spiro atoms. The van der Waals surface area contributed by atoms with E-state index >= 15 is 0 Å². The number of unbranched alkanes of at least 4 members (excludes halogenated alkanes) is 22. The average molecular weight is 671 g/mol. The van der Waals surface area contributed by atoms with E-state index in [1.165, 1.54) is 147 Å². The van der Waals surface area contributed by atoms with Crippen molar-refractivity contribution in [3.8, 4) is 11.5 Å². The SMILES string of the molecule is CCCCCCCCCCCCCCCCC(C)c1cc(O)c(S(=O)(=O)c2ccc(CCCCCCCCCCCC)cc2)cc1O. The molecule has 0 saturated carbocycles. The minimum absolute atomic E-state index is 0.0417. The molecule has 0 fully saturated rings. The number of benzene rings is 2. The Labute approximate surface area is 290 Å². The van der Waals surface area contributed by atoms with Gasteiger partial charge in [-0.3, -0.25) is 0 Å². The van der Waals surface area contributed by atoms with Gasteiger partial charge in [0, 0.05) is 11.6 Å². The number of hydrogen-bond donors (Lipinski definition) is 2. The number of aryl methyl sites for hydroxylation is 1. The van der Waals surface area contributed by atoms with Crippen molar-refractivity contribution in [2.24, 2.45) is 0 Å². The first-order chi connectivity index (χ1) is 22.8. The molecule has 4 nitrogen and oxygen atoms in total. The fraction of sp³-hybridized carbons (Fsp3) is 0.714. The van der Waals surface area contributed by atoms with Crippen molar-refractivity contribution in [3.63, 3.8) is 0 Å². The van der Waals surface area contributed by atoms with E-state index in [0.29, 0.717) is 5.56 Å². The molecule has 2 rings (SSSR count). The lowest BCUT2D eigenvalue weighted by Gasteiger charge is -2.16. The van der Waals surface area contributed by atoms with Crippen LogP contribution in [0, 0.1) is 0 Å². The third-order valence-corrected chi connectivity index (χ3v) is 11.8. The van der Waals surface area contributed by atoms with Crippen LogP contribution in [0.5, 0.6) is 11.5 Å². The average Bonchev–Trinajstić information content (AvgIpc) is 3.06. The quantitative estimate of drug-likeness (QED) is 0.0667. The third-order valence-electron chi connectivity index (χ3n) is 9.97. The molecule has 47 heavy (non-hydrogen) atoms. The monoisotopic (exact) mass is 670 g/mol. The maximum absolute atomic E-state index is 13.4. The van der Waals surface area contributed by atoms with Gasteiger partial charge in [0.25, 0.3) is 0 Å². The van der Waals surface area contributed by atoms with Gasteiger partial charge in [-0.25, -0.2) is 8.42 Å². The molecule has 0 bridgehead atoms. The van der Waals surface area contributed by atoms with Crippen molar-refractivity contribution < 1.29 is 18.6 Å². The molecule has 2 N–H and O–H groups in total. The molecule has 268 valence electrons. The van der Waals surface area contributed by atoms with E-state index < -0.39 is 9.84 Å². The normalized spacial score (nSPS) is 12.5. The zero-order chi connectivity index (χ0) is 34.2. The van der Waals surface area contributed by atoms with E-state index in [4.69, 9.17) is 0 Å². The van der Waals surface area contributed by atoms with Crippen molar-refractivity contribution in [1.29, 1.82) is 0 Å². The number of sulfone groups is 1. The topological polar surface area (TPSA) is 74.6 Å². The minimum atomic E-state index is -3.95. The van der Waals surface area contributed by atoms with Gasteiger partial charge in [-0.05, 0) is 48.9 Å². The van der Waals surface area contributed by atoms with Crippen LogP contribution < -0.4 is 0 Å². The van der Waals surface area contributed by atoms with Crippen LogP contribution in [0.2, 0.25) is 0 Å². The van der Waals surface area contributed by atoms with Crippen LogP contribution in [0.15, 0.2) is 46.2 Å². The maximum Gasteiger partial charge on any atom is 0.210 e. The second-order valence-electron chi connectivity index (χ2n) is 14.2. The molecule has 0 aliphatic rings. The van der Waals surface area contributed by atoms with E-state index in [1.807, 2.05) is 19.1 Å². The highest BCUT2D eigenvalue weighted by Gasteiger charge is 2.25. The van der Waals surface area contributed by atoms with Crippen LogP contribution in [0.25, 0.3) is 0 Å². The van der Waals surface area contributed by atoms with Gasteiger partial charge < -0.3 is 10.2 Å². The molecule has 1 atom stereocenters. The number of rotatable bonds is 29. The van der Waals surface area contributed by atoms with Gasteiger partial charge in [0.15, 0.2) is 0 Å². The molecule has 0 aliphatic carbocycles. The van der Waals surface area contributed by atoms with Gasteiger partial charge in [0.05, 0.1) is 4.90 Å². The largest absolute Gasteiger partial charge is 0.508 e. The number of hydrogen-bond acceptors (Lipinski definition) is 4. The number of phenols is 2. The van der Waals surface area contributed by atoms with E-state index in [9.17, 15) is 18.6 Å². The first-order valence-corrected chi connectivity index (χ1v) is 21.2. The summed E-state index contributed by atoms with van der Waals surface area (Å²) in [7, 11) is -3.95. The van der Waals surface area contributed by atoms with Gasteiger partial charge >= 0.3 is 0 Å². The predicted octanol–water partition coefficient (Wildman–Crippen LogP) is 13.4. The molecule has 2 aromatic rings. The Kier molecular flexibility index (Phi) is 21.9. The summed E-state index contributed by atoms with van der Waals surface area (Å²) >= 11 is 0. The molecule has 2 aromatic carbocycles. The lowest BCUT2D eigenvalue weighted by molar-refractivity contribution is 0.433.